The highest BCUT2D eigenvalue weighted by molar-refractivity contribution is 7.92. The molecular weight excluding hydrogens is 435 g/mol. The molecule has 0 bridgehead atoms. The second-order valence-electron chi connectivity index (χ2n) is 6.28. The Morgan fingerprint density at radius 2 is 1.70 bits per heavy atom. The monoisotopic (exact) mass is 448 g/mol. The Morgan fingerprint density at radius 1 is 0.967 bits per heavy atom. The molecule has 1 aliphatic heterocycles. The number of ether oxygens (including phenoxy) is 2. The standard InChI is InChI=1S/C20H14ClFN2O5S/c21-13-3-1-12(2-4-13)20(25)23-17-7-6-15(10-16(17)22)30(26,27)24-14-5-8-18-19(9-14)29-11-28-18/h1-10,24H,11H2,(H,23,25). The maximum absolute atomic E-state index is 14.5. The first-order chi connectivity index (χ1) is 14.3. The fourth-order valence-electron chi connectivity index (χ4n) is 2.73. The minimum atomic E-state index is -4.07. The molecule has 0 spiro atoms. The summed E-state index contributed by atoms with van der Waals surface area (Å²) in [7, 11) is -4.07. The zero-order valence-electron chi connectivity index (χ0n) is 15.2. The van der Waals surface area contributed by atoms with Gasteiger partial charge in [0.15, 0.2) is 11.5 Å². The summed E-state index contributed by atoms with van der Waals surface area (Å²) in [4.78, 5) is 11.9. The summed E-state index contributed by atoms with van der Waals surface area (Å²) in [5.74, 6) is -0.544. The molecule has 0 fully saturated rings. The first kappa shape index (κ1) is 20.0. The van der Waals surface area contributed by atoms with Gasteiger partial charge in [-0.1, -0.05) is 11.6 Å². The van der Waals surface area contributed by atoms with Crippen LogP contribution in [0.2, 0.25) is 5.02 Å². The maximum atomic E-state index is 14.5. The molecule has 0 radical (unpaired) electrons. The molecule has 7 nitrogen and oxygen atoms in total. The van der Waals surface area contributed by atoms with Crippen molar-refractivity contribution in [2.75, 3.05) is 16.8 Å². The van der Waals surface area contributed by atoms with Crippen LogP contribution in [0, 0.1) is 5.82 Å². The van der Waals surface area contributed by atoms with Crippen molar-refractivity contribution in [2.24, 2.45) is 0 Å². The fourth-order valence-corrected chi connectivity index (χ4v) is 3.92. The Bertz CT molecular complexity index is 1230. The molecule has 0 saturated heterocycles. The van der Waals surface area contributed by atoms with E-state index in [1.165, 1.54) is 48.5 Å². The Balaban J connectivity index is 1.51. The number of rotatable bonds is 5. The number of fused-ring (bicyclic) bond motifs is 1. The van der Waals surface area contributed by atoms with Gasteiger partial charge in [-0.05, 0) is 54.6 Å². The molecule has 3 aromatic rings. The lowest BCUT2D eigenvalue weighted by Crippen LogP contribution is -2.15. The smallest absolute Gasteiger partial charge is 0.262 e. The number of hydrogen-bond acceptors (Lipinski definition) is 5. The van der Waals surface area contributed by atoms with E-state index in [9.17, 15) is 17.6 Å². The second kappa shape index (κ2) is 7.85. The third-order valence-corrected chi connectivity index (χ3v) is 5.86. The van der Waals surface area contributed by atoms with E-state index in [0.29, 0.717) is 16.5 Å². The van der Waals surface area contributed by atoms with E-state index in [4.69, 9.17) is 21.1 Å². The van der Waals surface area contributed by atoms with Crippen LogP contribution in [0.5, 0.6) is 11.5 Å². The summed E-state index contributed by atoms with van der Waals surface area (Å²) in [6.07, 6.45) is 0. The van der Waals surface area contributed by atoms with Crippen molar-refractivity contribution in [3.05, 3.63) is 77.1 Å². The molecule has 0 aliphatic carbocycles. The van der Waals surface area contributed by atoms with Crippen molar-refractivity contribution in [1.29, 1.82) is 0 Å². The van der Waals surface area contributed by atoms with E-state index >= 15 is 0 Å². The average Bonchev–Trinajstić information content (AvgIpc) is 3.17. The molecule has 10 heteroatoms. The van der Waals surface area contributed by atoms with Crippen LogP contribution in [0.3, 0.4) is 0 Å². The number of carbonyl (C=O) groups excluding carboxylic acids is 1. The topological polar surface area (TPSA) is 93.7 Å². The third-order valence-electron chi connectivity index (χ3n) is 4.23. The number of halogens is 2. The van der Waals surface area contributed by atoms with Crippen LogP contribution >= 0.6 is 11.6 Å². The minimum Gasteiger partial charge on any atom is -0.454 e. The molecule has 30 heavy (non-hydrogen) atoms. The third kappa shape index (κ3) is 4.17. The van der Waals surface area contributed by atoms with Gasteiger partial charge in [-0.3, -0.25) is 9.52 Å². The molecule has 1 heterocycles. The van der Waals surface area contributed by atoms with Crippen molar-refractivity contribution < 1.29 is 27.1 Å². The summed E-state index contributed by atoms with van der Waals surface area (Å²) in [6.45, 7) is 0.0555. The highest BCUT2D eigenvalue weighted by atomic mass is 35.5. The first-order valence-corrected chi connectivity index (χ1v) is 10.5. The number of anilines is 2. The van der Waals surface area contributed by atoms with Crippen molar-refractivity contribution in [2.45, 2.75) is 4.90 Å². The van der Waals surface area contributed by atoms with Gasteiger partial charge >= 0.3 is 0 Å². The quantitative estimate of drug-likeness (QED) is 0.608. The van der Waals surface area contributed by atoms with Crippen LogP contribution in [0.25, 0.3) is 0 Å². The zero-order chi connectivity index (χ0) is 21.3. The van der Waals surface area contributed by atoms with Crippen molar-refractivity contribution >= 4 is 38.9 Å². The number of carbonyl (C=O) groups is 1. The molecule has 1 amide bonds. The molecule has 0 atom stereocenters. The SMILES string of the molecule is O=C(Nc1ccc(S(=O)(=O)Nc2ccc3c(c2)OCO3)cc1F)c1ccc(Cl)cc1. The number of benzene rings is 3. The molecule has 0 aromatic heterocycles. The van der Waals surface area contributed by atoms with Crippen LogP contribution in [-0.4, -0.2) is 21.1 Å². The van der Waals surface area contributed by atoms with Crippen LogP contribution < -0.4 is 19.5 Å². The van der Waals surface area contributed by atoms with Crippen molar-refractivity contribution in [3.8, 4) is 11.5 Å². The Morgan fingerprint density at radius 3 is 2.43 bits per heavy atom. The largest absolute Gasteiger partial charge is 0.454 e. The van der Waals surface area contributed by atoms with Crippen LogP contribution in [0.15, 0.2) is 65.6 Å². The number of hydrogen-bond donors (Lipinski definition) is 2. The average molecular weight is 449 g/mol. The van der Waals surface area contributed by atoms with Gasteiger partial charge in [-0.2, -0.15) is 0 Å². The van der Waals surface area contributed by atoms with Gasteiger partial charge in [0.25, 0.3) is 15.9 Å². The van der Waals surface area contributed by atoms with E-state index in [1.807, 2.05) is 0 Å². The number of sulfonamides is 1. The van der Waals surface area contributed by atoms with Gasteiger partial charge in [0.2, 0.25) is 6.79 Å². The van der Waals surface area contributed by atoms with E-state index in [-0.39, 0.29) is 28.6 Å². The van der Waals surface area contributed by atoms with Gasteiger partial charge in [0, 0.05) is 16.7 Å². The minimum absolute atomic E-state index is 0.0555. The van der Waals surface area contributed by atoms with E-state index in [1.54, 1.807) is 6.07 Å². The predicted octanol–water partition coefficient (Wildman–Crippen LogP) is 4.26. The Labute approximate surface area is 176 Å². The van der Waals surface area contributed by atoms with Gasteiger partial charge < -0.3 is 14.8 Å². The maximum Gasteiger partial charge on any atom is 0.262 e. The summed E-state index contributed by atoms with van der Waals surface area (Å²) in [5.41, 5.74) is 0.358. The molecule has 1 aliphatic rings. The van der Waals surface area contributed by atoms with Gasteiger partial charge in [-0.15, -0.1) is 0 Å². The van der Waals surface area contributed by atoms with Crippen molar-refractivity contribution in [1.82, 2.24) is 0 Å². The molecule has 0 unspecified atom stereocenters. The van der Waals surface area contributed by atoms with Gasteiger partial charge in [-0.25, -0.2) is 12.8 Å². The summed E-state index contributed by atoms with van der Waals surface area (Å²) in [5, 5.41) is 2.86. The lowest BCUT2D eigenvalue weighted by atomic mass is 10.2. The number of nitrogens with one attached hydrogen (secondary N) is 2. The molecule has 0 saturated carbocycles. The van der Waals surface area contributed by atoms with E-state index in [2.05, 4.69) is 10.0 Å². The normalized spacial score (nSPS) is 12.5. The lowest BCUT2D eigenvalue weighted by molar-refractivity contribution is 0.102. The lowest BCUT2D eigenvalue weighted by Gasteiger charge is -2.11. The first-order valence-electron chi connectivity index (χ1n) is 8.61. The van der Waals surface area contributed by atoms with Crippen LogP contribution in [0.4, 0.5) is 15.8 Å². The van der Waals surface area contributed by atoms with Crippen LogP contribution in [-0.2, 0) is 10.0 Å². The fraction of sp³-hybridized carbons (Fsp3) is 0.0500. The predicted molar refractivity (Wildman–Crippen MR) is 109 cm³/mol. The highest BCUT2D eigenvalue weighted by Crippen LogP contribution is 2.35. The van der Waals surface area contributed by atoms with Gasteiger partial charge in [0.1, 0.15) is 5.82 Å². The zero-order valence-corrected chi connectivity index (χ0v) is 16.8. The van der Waals surface area contributed by atoms with E-state index in [0.717, 1.165) is 6.07 Å². The molecule has 4 rings (SSSR count). The van der Waals surface area contributed by atoms with Gasteiger partial charge in [0.05, 0.1) is 16.3 Å². The number of amides is 1. The molecule has 2 N–H and O–H groups in total. The highest BCUT2D eigenvalue weighted by Gasteiger charge is 2.20. The van der Waals surface area contributed by atoms with E-state index < -0.39 is 21.7 Å². The summed E-state index contributed by atoms with van der Waals surface area (Å²) < 4.78 is 52.4. The van der Waals surface area contributed by atoms with Crippen LogP contribution in [0.1, 0.15) is 10.4 Å². The molecule has 154 valence electrons. The summed E-state index contributed by atoms with van der Waals surface area (Å²) >= 11 is 5.78. The van der Waals surface area contributed by atoms with Crippen molar-refractivity contribution in [3.63, 3.8) is 0 Å². The summed E-state index contributed by atoms with van der Waals surface area (Å²) in [6, 6.07) is 13.8. The second-order valence-corrected chi connectivity index (χ2v) is 8.40. The molecular formula is C20H14ClFN2O5S. The Kier molecular flexibility index (Phi) is 5.23. The molecule has 3 aromatic carbocycles. The Hall–Kier alpha value is -3.30.